The van der Waals surface area contributed by atoms with Gasteiger partial charge in [0.15, 0.2) is 0 Å². The SMILES string of the molecule is C=C(C)COc1cccc(/C=C/C/C=C\CC)c1. The van der Waals surface area contributed by atoms with Gasteiger partial charge in [0.25, 0.3) is 0 Å². The van der Waals surface area contributed by atoms with Crippen molar-refractivity contribution in [2.45, 2.75) is 26.7 Å². The van der Waals surface area contributed by atoms with Crippen LogP contribution >= 0.6 is 0 Å². The Balaban J connectivity index is 2.53. The molecule has 0 spiro atoms. The van der Waals surface area contributed by atoms with E-state index >= 15 is 0 Å². The van der Waals surface area contributed by atoms with Gasteiger partial charge < -0.3 is 4.74 Å². The summed E-state index contributed by atoms with van der Waals surface area (Å²) in [4.78, 5) is 0. The fourth-order valence-corrected chi connectivity index (χ4v) is 1.46. The molecule has 1 rings (SSSR count). The smallest absolute Gasteiger partial charge is 0.120 e. The lowest BCUT2D eigenvalue weighted by Gasteiger charge is -2.05. The van der Waals surface area contributed by atoms with Crippen LogP contribution in [-0.2, 0) is 0 Å². The molecule has 0 heterocycles. The Kier molecular flexibility index (Phi) is 6.63. The van der Waals surface area contributed by atoms with Gasteiger partial charge in [0.2, 0.25) is 0 Å². The molecule has 0 amide bonds. The number of hydrogen-bond acceptors (Lipinski definition) is 1. The molecule has 18 heavy (non-hydrogen) atoms. The van der Waals surface area contributed by atoms with Crippen LogP contribution in [-0.4, -0.2) is 6.61 Å². The Morgan fingerprint density at radius 3 is 2.83 bits per heavy atom. The first-order chi connectivity index (χ1) is 8.72. The predicted molar refractivity (Wildman–Crippen MR) is 79.8 cm³/mol. The van der Waals surface area contributed by atoms with Crippen LogP contribution in [0.15, 0.2) is 54.6 Å². The lowest BCUT2D eigenvalue weighted by Crippen LogP contribution is -1.97. The normalized spacial score (nSPS) is 11.2. The van der Waals surface area contributed by atoms with E-state index in [4.69, 9.17) is 4.74 Å². The molecule has 0 aliphatic heterocycles. The summed E-state index contributed by atoms with van der Waals surface area (Å²) < 4.78 is 5.61. The molecule has 0 saturated carbocycles. The highest BCUT2D eigenvalue weighted by Gasteiger charge is 1.94. The van der Waals surface area contributed by atoms with Crippen molar-refractivity contribution in [1.29, 1.82) is 0 Å². The first-order valence-electron chi connectivity index (χ1n) is 6.41. The van der Waals surface area contributed by atoms with Crippen LogP contribution in [0.3, 0.4) is 0 Å². The standard InChI is InChI=1S/C17H22O/c1-4-5-6-7-8-10-16-11-9-12-17(13-16)18-14-15(2)3/h5-6,8-13H,2,4,7,14H2,1,3H3/b6-5-,10-8+. The van der Waals surface area contributed by atoms with E-state index < -0.39 is 0 Å². The molecule has 0 bridgehead atoms. The van der Waals surface area contributed by atoms with Gasteiger partial charge in [-0.3, -0.25) is 0 Å². The molecular formula is C17H22O. The first-order valence-corrected chi connectivity index (χ1v) is 6.41. The van der Waals surface area contributed by atoms with E-state index in [1.54, 1.807) is 0 Å². The fourth-order valence-electron chi connectivity index (χ4n) is 1.46. The van der Waals surface area contributed by atoms with Crippen molar-refractivity contribution in [2.24, 2.45) is 0 Å². The Morgan fingerprint density at radius 1 is 1.28 bits per heavy atom. The topological polar surface area (TPSA) is 9.23 Å². The molecule has 0 aliphatic carbocycles. The number of ether oxygens (including phenoxy) is 1. The van der Waals surface area contributed by atoms with Crippen LogP contribution in [0.2, 0.25) is 0 Å². The van der Waals surface area contributed by atoms with E-state index in [0.29, 0.717) is 6.61 Å². The van der Waals surface area contributed by atoms with Crippen molar-refractivity contribution in [1.82, 2.24) is 0 Å². The van der Waals surface area contributed by atoms with E-state index in [-0.39, 0.29) is 0 Å². The molecule has 0 aromatic heterocycles. The monoisotopic (exact) mass is 242 g/mol. The maximum atomic E-state index is 5.61. The molecule has 0 saturated heterocycles. The molecule has 96 valence electrons. The second-order valence-electron chi connectivity index (χ2n) is 4.34. The van der Waals surface area contributed by atoms with Crippen LogP contribution in [0.1, 0.15) is 32.3 Å². The van der Waals surface area contributed by atoms with Crippen LogP contribution < -0.4 is 4.74 Å². The summed E-state index contributed by atoms with van der Waals surface area (Å²) >= 11 is 0. The minimum absolute atomic E-state index is 0.576. The van der Waals surface area contributed by atoms with Gasteiger partial charge in [0, 0.05) is 0 Å². The highest BCUT2D eigenvalue weighted by atomic mass is 16.5. The first kappa shape index (κ1) is 14.3. The third-order valence-electron chi connectivity index (χ3n) is 2.33. The third-order valence-corrected chi connectivity index (χ3v) is 2.33. The second-order valence-corrected chi connectivity index (χ2v) is 4.34. The number of benzene rings is 1. The zero-order valence-corrected chi connectivity index (χ0v) is 11.4. The molecule has 1 heteroatoms. The summed E-state index contributed by atoms with van der Waals surface area (Å²) in [5, 5.41) is 0. The molecule has 0 aliphatic rings. The van der Waals surface area contributed by atoms with Gasteiger partial charge in [-0.2, -0.15) is 0 Å². The molecule has 0 unspecified atom stereocenters. The molecule has 0 N–H and O–H groups in total. The van der Waals surface area contributed by atoms with Gasteiger partial charge >= 0.3 is 0 Å². The summed E-state index contributed by atoms with van der Waals surface area (Å²) in [7, 11) is 0. The highest BCUT2D eigenvalue weighted by molar-refractivity contribution is 5.51. The molecule has 0 fully saturated rings. The molecule has 1 aromatic rings. The number of hydrogen-bond donors (Lipinski definition) is 0. The van der Waals surface area contributed by atoms with E-state index in [1.807, 2.05) is 25.1 Å². The molecule has 0 atom stereocenters. The van der Waals surface area contributed by atoms with Crippen molar-refractivity contribution in [3.8, 4) is 5.75 Å². The summed E-state index contributed by atoms with van der Waals surface area (Å²) in [5.74, 6) is 0.893. The molecule has 0 radical (unpaired) electrons. The second kappa shape index (κ2) is 8.35. The largest absolute Gasteiger partial charge is 0.489 e. The summed E-state index contributed by atoms with van der Waals surface area (Å²) in [6.07, 6.45) is 10.7. The Hall–Kier alpha value is -1.76. The summed E-state index contributed by atoms with van der Waals surface area (Å²) in [6.45, 7) is 8.50. The minimum Gasteiger partial charge on any atom is -0.489 e. The molecule has 1 aromatic carbocycles. The van der Waals surface area contributed by atoms with Gasteiger partial charge in [-0.15, -0.1) is 0 Å². The van der Waals surface area contributed by atoms with Crippen molar-refractivity contribution in [3.05, 3.63) is 60.2 Å². The zero-order valence-electron chi connectivity index (χ0n) is 11.4. The van der Waals surface area contributed by atoms with Crippen LogP contribution in [0.5, 0.6) is 5.75 Å². The lowest BCUT2D eigenvalue weighted by atomic mass is 10.2. The fraction of sp³-hybridized carbons (Fsp3) is 0.294. The van der Waals surface area contributed by atoms with Gasteiger partial charge in [-0.05, 0) is 43.0 Å². The van der Waals surface area contributed by atoms with E-state index in [2.05, 4.69) is 43.9 Å². The van der Waals surface area contributed by atoms with Gasteiger partial charge in [0.05, 0.1) is 0 Å². The van der Waals surface area contributed by atoms with Crippen molar-refractivity contribution < 1.29 is 4.74 Å². The van der Waals surface area contributed by atoms with Crippen LogP contribution in [0.25, 0.3) is 6.08 Å². The average molecular weight is 242 g/mol. The predicted octanol–water partition coefficient (Wildman–Crippen LogP) is 5.01. The van der Waals surface area contributed by atoms with Gasteiger partial charge in [-0.1, -0.05) is 49.9 Å². The van der Waals surface area contributed by atoms with Crippen molar-refractivity contribution in [2.75, 3.05) is 6.61 Å². The average Bonchev–Trinajstić information content (AvgIpc) is 2.37. The van der Waals surface area contributed by atoms with E-state index in [0.717, 1.165) is 24.2 Å². The van der Waals surface area contributed by atoms with Crippen LogP contribution in [0.4, 0.5) is 0 Å². The minimum atomic E-state index is 0.576. The summed E-state index contributed by atoms with van der Waals surface area (Å²) in [5.41, 5.74) is 2.19. The number of rotatable bonds is 7. The maximum absolute atomic E-state index is 5.61. The highest BCUT2D eigenvalue weighted by Crippen LogP contribution is 2.15. The Morgan fingerprint density at radius 2 is 2.11 bits per heavy atom. The van der Waals surface area contributed by atoms with E-state index in [1.165, 1.54) is 5.56 Å². The van der Waals surface area contributed by atoms with Gasteiger partial charge in [0.1, 0.15) is 12.4 Å². The Bertz CT molecular complexity index is 427. The third kappa shape index (κ3) is 6.09. The lowest BCUT2D eigenvalue weighted by molar-refractivity contribution is 0.352. The maximum Gasteiger partial charge on any atom is 0.120 e. The molecule has 1 nitrogen and oxygen atoms in total. The van der Waals surface area contributed by atoms with Crippen molar-refractivity contribution in [3.63, 3.8) is 0 Å². The quantitative estimate of drug-likeness (QED) is 0.611. The van der Waals surface area contributed by atoms with E-state index in [9.17, 15) is 0 Å². The zero-order chi connectivity index (χ0) is 13.2. The van der Waals surface area contributed by atoms with Crippen LogP contribution in [0, 0.1) is 0 Å². The number of allylic oxidation sites excluding steroid dienone is 3. The molecular weight excluding hydrogens is 220 g/mol. The Labute approximate surface area is 110 Å². The van der Waals surface area contributed by atoms with Crippen molar-refractivity contribution >= 4 is 6.08 Å². The van der Waals surface area contributed by atoms with Gasteiger partial charge in [-0.25, -0.2) is 0 Å². The summed E-state index contributed by atoms with van der Waals surface area (Å²) in [6, 6.07) is 8.10.